The lowest BCUT2D eigenvalue weighted by Crippen LogP contribution is -2.30. The van der Waals surface area contributed by atoms with Crippen molar-refractivity contribution in [2.75, 3.05) is 39.3 Å². The van der Waals surface area contributed by atoms with Crippen molar-refractivity contribution in [1.29, 1.82) is 0 Å². The zero-order valence-electron chi connectivity index (χ0n) is 9.28. The van der Waals surface area contributed by atoms with E-state index in [4.69, 9.17) is 0 Å². The molecule has 0 atom stereocenters. The largest absolute Gasteiger partial charge is 0.317 e. The highest BCUT2D eigenvalue weighted by atomic mass is 14.9. The fourth-order valence-electron chi connectivity index (χ4n) is 1.74. The van der Waals surface area contributed by atoms with Crippen LogP contribution in [0.5, 0.6) is 0 Å². The Kier molecular flexibility index (Phi) is 8.06. The highest BCUT2D eigenvalue weighted by molar-refractivity contribution is 4.57. The summed E-state index contributed by atoms with van der Waals surface area (Å²) in [5, 5.41) is 10.4. The molecule has 0 spiro atoms. The van der Waals surface area contributed by atoms with Crippen LogP contribution in [0.1, 0.15) is 32.1 Å². The Hall–Kier alpha value is -0.120. The average Bonchev–Trinajstić information content (AvgIpc) is 2.22. The molecule has 84 valence electrons. The molecule has 3 N–H and O–H groups in total. The van der Waals surface area contributed by atoms with Gasteiger partial charge in [0.15, 0.2) is 0 Å². The molecule has 0 aromatic rings. The Balaban J connectivity index is 2.00. The zero-order valence-corrected chi connectivity index (χ0v) is 9.28. The molecule has 0 aromatic heterocycles. The van der Waals surface area contributed by atoms with Crippen molar-refractivity contribution in [1.82, 2.24) is 16.0 Å². The summed E-state index contributed by atoms with van der Waals surface area (Å²) >= 11 is 0. The molecule has 0 saturated carbocycles. The van der Waals surface area contributed by atoms with Gasteiger partial charge in [0.2, 0.25) is 0 Å². The van der Waals surface area contributed by atoms with Crippen LogP contribution in [0.15, 0.2) is 0 Å². The van der Waals surface area contributed by atoms with E-state index < -0.39 is 0 Å². The van der Waals surface area contributed by atoms with Gasteiger partial charge < -0.3 is 16.0 Å². The van der Waals surface area contributed by atoms with Crippen molar-refractivity contribution in [2.45, 2.75) is 32.1 Å². The summed E-state index contributed by atoms with van der Waals surface area (Å²) in [6, 6.07) is 0. The molecular formula is C11H25N3. The Morgan fingerprint density at radius 1 is 0.357 bits per heavy atom. The van der Waals surface area contributed by atoms with Gasteiger partial charge in [-0.3, -0.25) is 0 Å². The molecule has 1 aliphatic heterocycles. The maximum Gasteiger partial charge on any atom is 0.00767 e. The molecule has 1 rings (SSSR count). The fourth-order valence-corrected chi connectivity index (χ4v) is 1.74. The number of nitrogens with one attached hydrogen (secondary N) is 3. The van der Waals surface area contributed by atoms with Crippen LogP contribution in [0, 0.1) is 0 Å². The molecule has 0 aromatic carbocycles. The van der Waals surface area contributed by atoms with Gasteiger partial charge in [0, 0.05) is 13.1 Å². The summed E-state index contributed by atoms with van der Waals surface area (Å²) in [6.45, 7) is 6.94. The summed E-state index contributed by atoms with van der Waals surface area (Å²) in [7, 11) is 0. The van der Waals surface area contributed by atoms with Crippen LogP contribution in [0.2, 0.25) is 0 Å². The van der Waals surface area contributed by atoms with Crippen LogP contribution in [0.25, 0.3) is 0 Å². The Labute approximate surface area is 88.0 Å². The van der Waals surface area contributed by atoms with Crippen LogP contribution in [0.3, 0.4) is 0 Å². The van der Waals surface area contributed by atoms with Crippen molar-refractivity contribution < 1.29 is 0 Å². The van der Waals surface area contributed by atoms with Gasteiger partial charge in [-0.05, 0) is 45.4 Å². The molecule has 0 bridgehead atoms. The Morgan fingerprint density at radius 3 is 1.36 bits per heavy atom. The highest BCUT2D eigenvalue weighted by Gasteiger charge is 1.93. The number of hydrogen-bond donors (Lipinski definition) is 3. The third kappa shape index (κ3) is 7.30. The molecule has 0 amide bonds. The van der Waals surface area contributed by atoms with Crippen molar-refractivity contribution in [2.24, 2.45) is 0 Å². The van der Waals surface area contributed by atoms with Crippen LogP contribution >= 0.6 is 0 Å². The van der Waals surface area contributed by atoms with Gasteiger partial charge in [-0.15, -0.1) is 0 Å². The third-order valence-corrected chi connectivity index (χ3v) is 2.64. The lowest BCUT2D eigenvalue weighted by Gasteiger charge is -2.09. The normalized spacial score (nSPS) is 24.0. The van der Waals surface area contributed by atoms with Crippen LogP contribution in [-0.4, -0.2) is 39.3 Å². The second-order valence-corrected chi connectivity index (χ2v) is 4.02. The van der Waals surface area contributed by atoms with Gasteiger partial charge in [-0.2, -0.15) is 0 Å². The highest BCUT2D eigenvalue weighted by Crippen LogP contribution is 1.97. The van der Waals surface area contributed by atoms with Crippen LogP contribution < -0.4 is 16.0 Å². The van der Waals surface area contributed by atoms with Gasteiger partial charge in [0.25, 0.3) is 0 Å². The predicted octanol–water partition coefficient (Wildman–Crippen LogP) is 0.719. The molecule has 1 heterocycles. The molecule has 1 fully saturated rings. The van der Waals surface area contributed by atoms with Gasteiger partial charge in [0.1, 0.15) is 0 Å². The van der Waals surface area contributed by atoms with Gasteiger partial charge in [-0.1, -0.05) is 12.8 Å². The SMILES string of the molecule is C1CCCNCCNCCCNCC1. The van der Waals surface area contributed by atoms with Crippen molar-refractivity contribution in [3.05, 3.63) is 0 Å². The molecule has 14 heavy (non-hydrogen) atoms. The summed E-state index contributed by atoms with van der Waals surface area (Å²) in [4.78, 5) is 0. The first-order valence-corrected chi connectivity index (χ1v) is 6.12. The molecule has 1 aliphatic rings. The quantitative estimate of drug-likeness (QED) is 0.538. The summed E-state index contributed by atoms with van der Waals surface area (Å²) in [5.41, 5.74) is 0. The topological polar surface area (TPSA) is 36.1 Å². The van der Waals surface area contributed by atoms with E-state index in [1.807, 2.05) is 0 Å². The van der Waals surface area contributed by atoms with E-state index in [0.29, 0.717) is 0 Å². The van der Waals surface area contributed by atoms with E-state index in [9.17, 15) is 0 Å². The maximum absolute atomic E-state index is 3.48. The molecule has 0 unspecified atom stereocenters. The number of rotatable bonds is 0. The predicted molar refractivity (Wildman–Crippen MR) is 61.7 cm³/mol. The minimum absolute atomic E-state index is 1.11. The molecule has 0 radical (unpaired) electrons. The molecule has 3 nitrogen and oxygen atoms in total. The zero-order chi connectivity index (χ0) is 9.90. The molecule has 3 heteroatoms. The van der Waals surface area contributed by atoms with Crippen molar-refractivity contribution in [3.63, 3.8) is 0 Å². The fraction of sp³-hybridized carbons (Fsp3) is 1.00. The van der Waals surface area contributed by atoms with E-state index in [-0.39, 0.29) is 0 Å². The van der Waals surface area contributed by atoms with Crippen LogP contribution in [-0.2, 0) is 0 Å². The van der Waals surface area contributed by atoms with Gasteiger partial charge in [-0.25, -0.2) is 0 Å². The molecule has 0 aliphatic carbocycles. The minimum atomic E-state index is 1.11. The van der Waals surface area contributed by atoms with E-state index in [1.165, 1.54) is 51.7 Å². The van der Waals surface area contributed by atoms with E-state index in [0.717, 1.165) is 19.6 Å². The maximum atomic E-state index is 3.48. The first-order valence-electron chi connectivity index (χ1n) is 6.12. The Morgan fingerprint density at radius 2 is 0.786 bits per heavy atom. The van der Waals surface area contributed by atoms with Gasteiger partial charge in [0.05, 0.1) is 0 Å². The smallest absolute Gasteiger partial charge is 0.00767 e. The lowest BCUT2D eigenvalue weighted by molar-refractivity contribution is 0.524. The molecular weight excluding hydrogens is 174 g/mol. The molecule has 1 saturated heterocycles. The van der Waals surface area contributed by atoms with Crippen LogP contribution in [0.4, 0.5) is 0 Å². The summed E-state index contributed by atoms with van der Waals surface area (Å²) in [5.74, 6) is 0. The summed E-state index contributed by atoms with van der Waals surface area (Å²) in [6.07, 6.45) is 6.68. The van der Waals surface area contributed by atoms with Crippen molar-refractivity contribution >= 4 is 0 Å². The van der Waals surface area contributed by atoms with E-state index in [2.05, 4.69) is 16.0 Å². The lowest BCUT2D eigenvalue weighted by atomic mass is 10.2. The first-order chi connectivity index (χ1) is 7.00. The second-order valence-electron chi connectivity index (χ2n) is 4.02. The summed E-state index contributed by atoms with van der Waals surface area (Å²) < 4.78 is 0. The standard InChI is InChI=1S/C11H25N3/c1-2-4-7-13-10-11-14-9-5-8-12-6-3-1/h12-14H,1-11H2. The monoisotopic (exact) mass is 199 g/mol. The average molecular weight is 199 g/mol. The van der Waals surface area contributed by atoms with E-state index >= 15 is 0 Å². The van der Waals surface area contributed by atoms with Gasteiger partial charge >= 0.3 is 0 Å². The van der Waals surface area contributed by atoms with Crippen molar-refractivity contribution in [3.8, 4) is 0 Å². The van der Waals surface area contributed by atoms with E-state index in [1.54, 1.807) is 0 Å². The minimum Gasteiger partial charge on any atom is -0.317 e. The third-order valence-electron chi connectivity index (χ3n) is 2.64. The number of hydrogen-bond acceptors (Lipinski definition) is 3. The second kappa shape index (κ2) is 9.44. The Bertz CT molecular complexity index is 63.8. The first kappa shape index (κ1) is 12.0.